The first-order valence-electron chi connectivity index (χ1n) is 7.66. The lowest BCUT2D eigenvalue weighted by molar-refractivity contribution is -0.131. The molecule has 1 aromatic carbocycles. The molecule has 2 aromatic rings. The predicted octanol–water partition coefficient (Wildman–Crippen LogP) is 4.39. The fourth-order valence-electron chi connectivity index (χ4n) is 2.18. The molecule has 4 nitrogen and oxygen atoms in total. The van der Waals surface area contributed by atoms with Gasteiger partial charge in [0.15, 0.2) is 0 Å². The summed E-state index contributed by atoms with van der Waals surface area (Å²) in [5.41, 5.74) is 0.507. The summed E-state index contributed by atoms with van der Waals surface area (Å²) in [4.78, 5) is 27.1. The molecule has 0 bridgehead atoms. The topological polar surface area (TPSA) is 49.4 Å². The molecule has 2 rings (SSSR count). The Bertz CT molecular complexity index is 744. The van der Waals surface area contributed by atoms with E-state index < -0.39 is 0 Å². The summed E-state index contributed by atoms with van der Waals surface area (Å²) in [6.07, 6.45) is 1.89. The number of hydrogen-bond acceptors (Lipinski definition) is 3. The zero-order chi connectivity index (χ0) is 18.2. The molecule has 1 heterocycles. The third kappa shape index (κ3) is 6.20. The summed E-state index contributed by atoms with van der Waals surface area (Å²) in [6.45, 7) is 4.87. The van der Waals surface area contributed by atoms with Gasteiger partial charge in [0.2, 0.25) is 5.91 Å². The zero-order valence-electron chi connectivity index (χ0n) is 13.5. The first-order chi connectivity index (χ1) is 12.0. The van der Waals surface area contributed by atoms with Crippen molar-refractivity contribution >= 4 is 46.4 Å². The average Bonchev–Trinajstić information content (AvgIpc) is 3.00. The van der Waals surface area contributed by atoms with Gasteiger partial charge in [-0.25, -0.2) is 0 Å². The predicted molar refractivity (Wildman–Crippen MR) is 103 cm³/mol. The second-order valence-corrected chi connectivity index (χ2v) is 7.52. The van der Waals surface area contributed by atoms with Crippen molar-refractivity contribution in [1.29, 1.82) is 0 Å². The maximum Gasteiger partial charge on any atom is 0.251 e. The normalized spacial score (nSPS) is 10.3. The van der Waals surface area contributed by atoms with Crippen LogP contribution in [0.25, 0.3) is 0 Å². The van der Waals surface area contributed by atoms with Gasteiger partial charge in [0.05, 0.1) is 10.9 Å². The van der Waals surface area contributed by atoms with Crippen LogP contribution in [0.2, 0.25) is 9.36 Å². The Labute approximate surface area is 161 Å². The molecule has 25 heavy (non-hydrogen) atoms. The molecule has 0 radical (unpaired) electrons. The molecule has 1 N–H and O–H groups in total. The Morgan fingerprint density at radius 2 is 1.88 bits per heavy atom. The molecule has 0 unspecified atom stereocenters. The van der Waals surface area contributed by atoms with Crippen molar-refractivity contribution in [3.8, 4) is 0 Å². The van der Waals surface area contributed by atoms with E-state index in [-0.39, 0.29) is 24.8 Å². The molecule has 0 fully saturated rings. The van der Waals surface area contributed by atoms with Crippen LogP contribution in [-0.4, -0.2) is 29.8 Å². The smallest absolute Gasteiger partial charge is 0.251 e. The summed E-state index contributed by atoms with van der Waals surface area (Å²) in [6, 6.07) is 10.3. The molecule has 2 amide bonds. The van der Waals surface area contributed by atoms with E-state index in [9.17, 15) is 9.59 Å². The molecule has 0 aliphatic carbocycles. The molecule has 0 aliphatic heterocycles. The van der Waals surface area contributed by atoms with Crippen LogP contribution in [0.4, 0.5) is 0 Å². The van der Waals surface area contributed by atoms with Gasteiger partial charge >= 0.3 is 0 Å². The molecule has 0 spiro atoms. The number of amides is 2. The molecular formula is C18H18Cl2N2O2S. The van der Waals surface area contributed by atoms with Gasteiger partial charge in [-0.2, -0.15) is 0 Å². The van der Waals surface area contributed by atoms with E-state index in [1.165, 1.54) is 11.3 Å². The van der Waals surface area contributed by atoms with Gasteiger partial charge in [0.25, 0.3) is 5.91 Å². The Morgan fingerprint density at radius 1 is 1.16 bits per heavy atom. The Kier molecular flexibility index (Phi) is 7.50. The minimum atomic E-state index is -0.232. The van der Waals surface area contributed by atoms with Crippen molar-refractivity contribution in [3.05, 3.63) is 68.9 Å². The van der Waals surface area contributed by atoms with Crippen LogP contribution in [-0.2, 0) is 11.3 Å². The zero-order valence-corrected chi connectivity index (χ0v) is 15.8. The van der Waals surface area contributed by atoms with Gasteiger partial charge in [0.1, 0.15) is 0 Å². The number of hydrogen-bond donors (Lipinski definition) is 1. The van der Waals surface area contributed by atoms with Crippen LogP contribution < -0.4 is 5.32 Å². The van der Waals surface area contributed by atoms with E-state index >= 15 is 0 Å². The maximum absolute atomic E-state index is 12.4. The molecule has 0 aliphatic rings. The first-order valence-corrected chi connectivity index (χ1v) is 9.23. The number of thiophene rings is 1. The molecular weight excluding hydrogens is 379 g/mol. The monoisotopic (exact) mass is 396 g/mol. The molecule has 0 atom stereocenters. The second kappa shape index (κ2) is 9.61. The summed E-state index contributed by atoms with van der Waals surface area (Å²) in [5, 5.41) is 3.31. The standard InChI is InChI=1S/C18H18Cl2N2O2S/c1-2-11-22(12-15-7-8-16(20)25-15)17(23)9-10-21-18(24)13-3-5-14(19)6-4-13/h2-8H,1,9-12H2,(H,21,24). The van der Waals surface area contributed by atoms with Gasteiger partial charge in [-0.3, -0.25) is 9.59 Å². The molecule has 0 saturated heterocycles. The molecule has 7 heteroatoms. The fraction of sp³-hybridized carbons (Fsp3) is 0.222. The van der Waals surface area contributed by atoms with Gasteiger partial charge < -0.3 is 10.2 Å². The lowest BCUT2D eigenvalue weighted by Gasteiger charge is -2.20. The third-order valence-corrected chi connectivity index (χ3v) is 4.88. The minimum absolute atomic E-state index is 0.0548. The van der Waals surface area contributed by atoms with E-state index in [2.05, 4.69) is 11.9 Å². The number of halogens is 2. The minimum Gasteiger partial charge on any atom is -0.352 e. The summed E-state index contributed by atoms with van der Waals surface area (Å²) >= 11 is 13.2. The van der Waals surface area contributed by atoms with Crippen LogP contribution in [0.15, 0.2) is 49.1 Å². The van der Waals surface area contributed by atoms with E-state index in [4.69, 9.17) is 23.2 Å². The second-order valence-electron chi connectivity index (χ2n) is 5.28. The van der Waals surface area contributed by atoms with Crippen LogP contribution in [0, 0.1) is 0 Å². The van der Waals surface area contributed by atoms with Crippen LogP contribution in [0.5, 0.6) is 0 Å². The van der Waals surface area contributed by atoms with Crippen molar-refractivity contribution in [2.45, 2.75) is 13.0 Å². The lowest BCUT2D eigenvalue weighted by atomic mass is 10.2. The summed E-state index contributed by atoms with van der Waals surface area (Å²) < 4.78 is 0.691. The Balaban J connectivity index is 1.84. The third-order valence-electron chi connectivity index (χ3n) is 3.41. The highest BCUT2D eigenvalue weighted by atomic mass is 35.5. The molecule has 132 valence electrons. The highest BCUT2D eigenvalue weighted by Gasteiger charge is 2.14. The highest BCUT2D eigenvalue weighted by Crippen LogP contribution is 2.22. The van der Waals surface area contributed by atoms with Crippen molar-refractivity contribution in [2.24, 2.45) is 0 Å². The summed E-state index contributed by atoms with van der Waals surface area (Å²) in [5.74, 6) is -0.286. The van der Waals surface area contributed by atoms with Gasteiger partial charge in [-0.1, -0.05) is 29.3 Å². The first kappa shape index (κ1) is 19.5. The van der Waals surface area contributed by atoms with Crippen LogP contribution in [0.3, 0.4) is 0 Å². The quantitative estimate of drug-likeness (QED) is 0.672. The van der Waals surface area contributed by atoms with E-state index in [0.717, 1.165) is 4.88 Å². The number of nitrogens with one attached hydrogen (secondary N) is 1. The average molecular weight is 397 g/mol. The largest absolute Gasteiger partial charge is 0.352 e. The van der Waals surface area contributed by atoms with Gasteiger partial charge in [-0.05, 0) is 36.4 Å². The SMILES string of the molecule is C=CCN(Cc1ccc(Cl)s1)C(=O)CCNC(=O)c1ccc(Cl)cc1. The van der Waals surface area contributed by atoms with Gasteiger partial charge in [0, 0.05) is 35.0 Å². The van der Waals surface area contributed by atoms with Crippen molar-refractivity contribution in [2.75, 3.05) is 13.1 Å². The number of carbonyl (C=O) groups excluding carboxylic acids is 2. The van der Waals surface area contributed by atoms with Gasteiger partial charge in [-0.15, -0.1) is 17.9 Å². The Hall–Kier alpha value is -1.82. The number of benzene rings is 1. The summed E-state index contributed by atoms with van der Waals surface area (Å²) in [7, 11) is 0. The number of carbonyl (C=O) groups is 2. The van der Waals surface area contributed by atoms with E-state index in [0.29, 0.717) is 28.0 Å². The maximum atomic E-state index is 12.4. The van der Waals surface area contributed by atoms with Crippen molar-refractivity contribution in [1.82, 2.24) is 10.2 Å². The van der Waals surface area contributed by atoms with E-state index in [1.54, 1.807) is 35.2 Å². The fourth-order valence-corrected chi connectivity index (χ4v) is 3.41. The highest BCUT2D eigenvalue weighted by molar-refractivity contribution is 7.16. The molecule has 1 aromatic heterocycles. The van der Waals surface area contributed by atoms with E-state index in [1.807, 2.05) is 12.1 Å². The van der Waals surface area contributed by atoms with Crippen molar-refractivity contribution in [3.63, 3.8) is 0 Å². The van der Waals surface area contributed by atoms with Crippen LogP contribution in [0.1, 0.15) is 21.7 Å². The van der Waals surface area contributed by atoms with Crippen LogP contribution >= 0.6 is 34.5 Å². The van der Waals surface area contributed by atoms with Crippen molar-refractivity contribution < 1.29 is 9.59 Å². The lowest BCUT2D eigenvalue weighted by Crippen LogP contribution is -2.34. The number of nitrogens with zero attached hydrogens (tertiary/aromatic N) is 1. The number of rotatable bonds is 8. The Morgan fingerprint density at radius 3 is 2.48 bits per heavy atom. The molecule has 0 saturated carbocycles.